The van der Waals surface area contributed by atoms with Crippen LogP contribution in [-0.2, 0) is 6.61 Å². The van der Waals surface area contributed by atoms with Crippen molar-refractivity contribution in [2.24, 2.45) is 0 Å². The minimum absolute atomic E-state index is 0.145. The van der Waals surface area contributed by atoms with E-state index in [2.05, 4.69) is 17.2 Å². The Hall–Kier alpha value is -5.01. The van der Waals surface area contributed by atoms with E-state index in [9.17, 15) is 10.5 Å². The van der Waals surface area contributed by atoms with Crippen molar-refractivity contribution < 1.29 is 9.47 Å². The van der Waals surface area contributed by atoms with Gasteiger partial charge in [-0.2, -0.15) is 15.6 Å². The zero-order chi connectivity index (χ0) is 24.8. The number of para-hydroxylation sites is 1. The Morgan fingerprint density at radius 1 is 1.03 bits per heavy atom. The van der Waals surface area contributed by atoms with Crippen molar-refractivity contribution in [2.75, 3.05) is 12.8 Å². The average Bonchev–Trinajstić information content (AvgIpc) is 3.23. The lowest BCUT2D eigenvalue weighted by Crippen LogP contribution is -2.02. The monoisotopic (exact) mass is 461 g/mol. The SMILES string of the molecule is COc1cc(/C=C(/C#N)c2nn(-c3ccccc3)c(N)c2C#N)ccc1OCc1ccc(C)cc1. The van der Waals surface area contributed by atoms with Gasteiger partial charge >= 0.3 is 0 Å². The van der Waals surface area contributed by atoms with Gasteiger partial charge in [-0.3, -0.25) is 0 Å². The summed E-state index contributed by atoms with van der Waals surface area (Å²) in [5.41, 5.74) is 10.4. The summed E-state index contributed by atoms with van der Waals surface area (Å²) < 4.78 is 12.9. The molecule has 172 valence electrons. The van der Waals surface area contributed by atoms with E-state index in [0.717, 1.165) is 5.56 Å². The first-order valence-electron chi connectivity index (χ1n) is 10.9. The highest BCUT2D eigenvalue weighted by atomic mass is 16.5. The van der Waals surface area contributed by atoms with Crippen LogP contribution >= 0.6 is 0 Å². The number of nitrogens with two attached hydrogens (primary N) is 1. The maximum atomic E-state index is 9.87. The lowest BCUT2D eigenvalue weighted by atomic mass is 10.1. The number of hydrogen-bond donors (Lipinski definition) is 1. The first-order valence-corrected chi connectivity index (χ1v) is 10.9. The van der Waals surface area contributed by atoms with Gasteiger partial charge in [0, 0.05) is 0 Å². The van der Waals surface area contributed by atoms with E-state index >= 15 is 0 Å². The second-order valence-corrected chi connectivity index (χ2v) is 7.82. The molecular weight excluding hydrogens is 438 g/mol. The number of methoxy groups -OCH3 is 1. The zero-order valence-electron chi connectivity index (χ0n) is 19.4. The van der Waals surface area contributed by atoms with Crippen molar-refractivity contribution in [2.45, 2.75) is 13.5 Å². The summed E-state index contributed by atoms with van der Waals surface area (Å²) in [7, 11) is 1.56. The number of benzene rings is 3. The largest absolute Gasteiger partial charge is 0.493 e. The van der Waals surface area contributed by atoms with E-state index in [0.29, 0.717) is 29.4 Å². The Morgan fingerprint density at radius 2 is 1.77 bits per heavy atom. The molecule has 0 aliphatic rings. The molecular formula is C28H23N5O2. The number of aromatic nitrogens is 2. The number of nitrogen functional groups attached to an aromatic ring is 1. The van der Waals surface area contributed by atoms with Gasteiger partial charge in [0.1, 0.15) is 35.8 Å². The van der Waals surface area contributed by atoms with E-state index in [-0.39, 0.29) is 22.6 Å². The molecule has 1 aromatic heterocycles. The first-order chi connectivity index (χ1) is 17.0. The summed E-state index contributed by atoms with van der Waals surface area (Å²) in [5, 5.41) is 24.0. The molecule has 3 aromatic carbocycles. The second kappa shape index (κ2) is 10.3. The lowest BCUT2D eigenvalue weighted by Gasteiger charge is -2.12. The fourth-order valence-electron chi connectivity index (χ4n) is 3.55. The molecule has 2 N–H and O–H groups in total. The third-order valence-electron chi connectivity index (χ3n) is 5.42. The Kier molecular flexibility index (Phi) is 6.81. The topological polar surface area (TPSA) is 110 Å². The highest BCUT2D eigenvalue weighted by Crippen LogP contribution is 2.32. The van der Waals surface area contributed by atoms with Crippen LogP contribution in [0.5, 0.6) is 11.5 Å². The number of anilines is 1. The van der Waals surface area contributed by atoms with Crippen molar-refractivity contribution in [3.05, 3.63) is 101 Å². The summed E-state index contributed by atoms with van der Waals surface area (Å²) in [4.78, 5) is 0. The summed E-state index contributed by atoms with van der Waals surface area (Å²) in [6.07, 6.45) is 1.64. The van der Waals surface area contributed by atoms with Crippen molar-refractivity contribution in [1.82, 2.24) is 9.78 Å². The van der Waals surface area contributed by atoms with Crippen molar-refractivity contribution >= 4 is 17.5 Å². The third kappa shape index (κ3) is 5.00. The van der Waals surface area contributed by atoms with Crippen LogP contribution in [0.4, 0.5) is 5.82 Å². The lowest BCUT2D eigenvalue weighted by molar-refractivity contribution is 0.284. The minimum atomic E-state index is 0.145. The summed E-state index contributed by atoms with van der Waals surface area (Å²) in [6, 6.07) is 26.9. The highest BCUT2D eigenvalue weighted by molar-refractivity contribution is 5.91. The predicted octanol–water partition coefficient (Wildman–Crippen LogP) is 5.29. The summed E-state index contributed by atoms with van der Waals surface area (Å²) in [6.45, 7) is 2.44. The molecule has 0 amide bonds. The Labute approximate surface area is 203 Å². The molecule has 0 atom stereocenters. The van der Waals surface area contributed by atoms with Gasteiger partial charge in [-0.25, -0.2) is 4.68 Å². The predicted molar refractivity (Wildman–Crippen MR) is 135 cm³/mol. The van der Waals surface area contributed by atoms with Gasteiger partial charge in [0.25, 0.3) is 0 Å². The number of allylic oxidation sites excluding steroid dienone is 1. The molecule has 7 nitrogen and oxygen atoms in total. The molecule has 0 aliphatic heterocycles. The Morgan fingerprint density at radius 3 is 2.43 bits per heavy atom. The molecule has 4 rings (SSSR count). The van der Waals surface area contributed by atoms with Gasteiger partial charge in [-0.05, 0) is 48.4 Å². The molecule has 0 saturated carbocycles. The van der Waals surface area contributed by atoms with Gasteiger partial charge < -0.3 is 15.2 Å². The smallest absolute Gasteiger partial charge is 0.161 e. The summed E-state index contributed by atoms with van der Waals surface area (Å²) in [5.74, 6) is 1.28. The van der Waals surface area contributed by atoms with Gasteiger partial charge in [-0.15, -0.1) is 0 Å². The van der Waals surface area contributed by atoms with Crippen LogP contribution < -0.4 is 15.2 Å². The van der Waals surface area contributed by atoms with E-state index in [4.69, 9.17) is 15.2 Å². The average molecular weight is 462 g/mol. The number of ether oxygens (including phenoxy) is 2. The molecule has 35 heavy (non-hydrogen) atoms. The van der Waals surface area contributed by atoms with E-state index in [1.807, 2.05) is 67.6 Å². The fourth-order valence-corrected chi connectivity index (χ4v) is 3.55. The molecule has 1 heterocycles. The Bertz CT molecular complexity index is 1460. The molecule has 0 saturated heterocycles. The highest BCUT2D eigenvalue weighted by Gasteiger charge is 2.20. The minimum Gasteiger partial charge on any atom is -0.493 e. The molecule has 0 fully saturated rings. The molecule has 0 aliphatic carbocycles. The van der Waals surface area contributed by atoms with Gasteiger partial charge in [-0.1, -0.05) is 54.1 Å². The first kappa shape index (κ1) is 23.2. The van der Waals surface area contributed by atoms with E-state index in [1.54, 1.807) is 25.3 Å². The number of rotatable bonds is 7. The summed E-state index contributed by atoms with van der Waals surface area (Å²) >= 11 is 0. The zero-order valence-corrected chi connectivity index (χ0v) is 19.4. The normalized spacial score (nSPS) is 10.9. The molecule has 0 spiro atoms. The molecule has 0 bridgehead atoms. The van der Waals surface area contributed by atoms with Gasteiger partial charge in [0.2, 0.25) is 0 Å². The quantitative estimate of drug-likeness (QED) is 0.375. The number of nitriles is 2. The van der Waals surface area contributed by atoms with Crippen LogP contribution in [0.1, 0.15) is 27.9 Å². The van der Waals surface area contributed by atoms with Gasteiger partial charge in [0.15, 0.2) is 11.5 Å². The van der Waals surface area contributed by atoms with E-state index in [1.165, 1.54) is 10.2 Å². The van der Waals surface area contributed by atoms with Crippen LogP contribution in [0.25, 0.3) is 17.3 Å². The van der Waals surface area contributed by atoms with E-state index < -0.39 is 0 Å². The van der Waals surface area contributed by atoms with Gasteiger partial charge in [0.05, 0.1) is 18.4 Å². The van der Waals surface area contributed by atoms with Crippen LogP contribution in [0.3, 0.4) is 0 Å². The van der Waals surface area contributed by atoms with Crippen LogP contribution in [0.2, 0.25) is 0 Å². The van der Waals surface area contributed by atoms with Crippen molar-refractivity contribution in [3.8, 4) is 29.3 Å². The van der Waals surface area contributed by atoms with Crippen molar-refractivity contribution in [1.29, 1.82) is 10.5 Å². The fraction of sp³-hybridized carbons (Fsp3) is 0.107. The maximum absolute atomic E-state index is 9.87. The molecule has 4 aromatic rings. The second-order valence-electron chi connectivity index (χ2n) is 7.82. The number of aryl methyl sites for hydroxylation is 1. The third-order valence-corrected chi connectivity index (χ3v) is 5.42. The van der Waals surface area contributed by atoms with Crippen LogP contribution in [-0.4, -0.2) is 16.9 Å². The molecule has 0 radical (unpaired) electrons. The number of nitrogens with zero attached hydrogens (tertiary/aromatic N) is 4. The van der Waals surface area contributed by atoms with Crippen LogP contribution in [0, 0.1) is 29.6 Å². The maximum Gasteiger partial charge on any atom is 0.161 e. The molecule has 7 heteroatoms. The Balaban J connectivity index is 1.65. The standard InChI is InChI=1S/C28H23N5O2/c1-19-8-10-20(11-9-19)18-35-25-13-12-21(15-26(25)34-2)14-22(16-29)27-24(17-30)28(31)33(32-27)23-6-4-3-5-7-23/h3-15H,18,31H2,1-2H3/b22-14-. The molecule has 0 unspecified atom stereocenters. The van der Waals surface area contributed by atoms with Crippen LogP contribution in [0.15, 0.2) is 72.8 Å². The van der Waals surface area contributed by atoms with Crippen molar-refractivity contribution in [3.63, 3.8) is 0 Å². The number of hydrogen-bond acceptors (Lipinski definition) is 6.